The largest absolute Gasteiger partial charge is 0.329 e. The second kappa shape index (κ2) is 5.65. The molecule has 0 spiro atoms. The van der Waals surface area contributed by atoms with Crippen molar-refractivity contribution in [1.82, 2.24) is 10.2 Å². The molecular weight excluding hydrogens is 126 g/mol. The van der Waals surface area contributed by atoms with E-state index in [1.54, 1.807) is 0 Å². The molecule has 1 unspecified atom stereocenters. The molecule has 0 aromatic heterocycles. The monoisotopic (exact) mass is 145 g/mol. The molecule has 1 atom stereocenters. The Kier molecular flexibility index (Phi) is 5.58. The maximum atomic E-state index is 5.31. The molecule has 0 bridgehead atoms. The standard InChI is InChI=1S/C7H19N3/c1-7(10(2)3)6-9-5-4-8/h7,9H,4-6,8H2,1-3H3. The van der Waals surface area contributed by atoms with Gasteiger partial charge in [0.1, 0.15) is 0 Å². The SMILES string of the molecule is CC(CNCCN)N(C)C. The molecule has 0 heterocycles. The summed E-state index contributed by atoms with van der Waals surface area (Å²) in [7, 11) is 4.16. The van der Waals surface area contributed by atoms with Gasteiger partial charge in [0, 0.05) is 25.7 Å². The Morgan fingerprint density at radius 1 is 1.50 bits per heavy atom. The Hall–Kier alpha value is -0.120. The van der Waals surface area contributed by atoms with Crippen molar-refractivity contribution in [2.24, 2.45) is 5.73 Å². The van der Waals surface area contributed by atoms with Crippen LogP contribution in [0.3, 0.4) is 0 Å². The van der Waals surface area contributed by atoms with Gasteiger partial charge in [0.05, 0.1) is 0 Å². The normalized spacial score (nSPS) is 14.1. The van der Waals surface area contributed by atoms with Crippen LogP contribution in [0.5, 0.6) is 0 Å². The Bertz CT molecular complexity index is 73.3. The first-order valence-corrected chi connectivity index (χ1v) is 3.75. The summed E-state index contributed by atoms with van der Waals surface area (Å²) in [6.07, 6.45) is 0. The van der Waals surface area contributed by atoms with Crippen LogP contribution in [-0.2, 0) is 0 Å². The van der Waals surface area contributed by atoms with Crippen LogP contribution in [0.15, 0.2) is 0 Å². The third-order valence-corrected chi connectivity index (χ3v) is 1.64. The van der Waals surface area contributed by atoms with E-state index in [2.05, 4.69) is 31.2 Å². The molecule has 3 nitrogen and oxygen atoms in total. The molecule has 0 rings (SSSR count). The van der Waals surface area contributed by atoms with Crippen LogP contribution in [0.1, 0.15) is 6.92 Å². The summed E-state index contributed by atoms with van der Waals surface area (Å²) in [5, 5.41) is 3.25. The van der Waals surface area contributed by atoms with Gasteiger partial charge in [-0.25, -0.2) is 0 Å². The first-order chi connectivity index (χ1) is 4.68. The smallest absolute Gasteiger partial charge is 0.0186 e. The lowest BCUT2D eigenvalue weighted by atomic mass is 10.3. The van der Waals surface area contributed by atoms with Gasteiger partial charge < -0.3 is 16.0 Å². The molecule has 0 saturated heterocycles. The quantitative estimate of drug-likeness (QED) is 0.512. The lowest BCUT2D eigenvalue weighted by Crippen LogP contribution is -2.37. The van der Waals surface area contributed by atoms with Crippen molar-refractivity contribution in [3.05, 3.63) is 0 Å². The highest BCUT2D eigenvalue weighted by atomic mass is 15.1. The lowest BCUT2D eigenvalue weighted by Gasteiger charge is -2.19. The minimum atomic E-state index is 0.589. The van der Waals surface area contributed by atoms with Crippen molar-refractivity contribution < 1.29 is 0 Å². The molecule has 0 radical (unpaired) electrons. The average Bonchev–Trinajstić information content (AvgIpc) is 1.88. The summed E-state index contributed by atoms with van der Waals surface area (Å²) < 4.78 is 0. The van der Waals surface area contributed by atoms with Crippen molar-refractivity contribution in [2.75, 3.05) is 33.7 Å². The number of nitrogens with one attached hydrogen (secondary N) is 1. The zero-order valence-corrected chi connectivity index (χ0v) is 7.22. The zero-order valence-electron chi connectivity index (χ0n) is 7.22. The minimum Gasteiger partial charge on any atom is -0.329 e. The zero-order chi connectivity index (χ0) is 7.98. The van der Waals surface area contributed by atoms with Gasteiger partial charge in [-0.1, -0.05) is 0 Å². The highest BCUT2D eigenvalue weighted by molar-refractivity contribution is 4.62. The lowest BCUT2D eigenvalue weighted by molar-refractivity contribution is 0.304. The van der Waals surface area contributed by atoms with Gasteiger partial charge in [-0.2, -0.15) is 0 Å². The second-order valence-electron chi connectivity index (χ2n) is 2.81. The van der Waals surface area contributed by atoms with Crippen LogP contribution >= 0.6 is 0 Å². The van der Waals surface area contributed by atoms with Gasteiger partial charge in [0.15, 0.2) is 0 Å². The van der Waals surface area contributed by atoms with Gasteiger partial charge in [0.2, 0.25) is 0 Å². The van der Waals surface area contributed by atoms with E-state index in [4.69, 9.17) is 5.73 Å². The molecule has 0 aliphatic carbocycles. The Morgan fingerprint density at radius 2 is 2.10 bits per heavy atom. The van der Waals surface area contributed by atoms with Crippen molar-refractivity contribution >= 4 is 0 Å². The van der Waals surface area contributed by atoms with E-state index in [1.165, 1.54) is 0 Å². The van der Waals surface area contributed by atoms with Crippen molar-refractivity contribution in [1.29, 1.82) is 0 Å². The van der Waals surface area contributed by atoms with E-state index < -0.39 is 0 Å². The van der Waals surface area contributed by atoms with E-state index >= 15 is 0 Å². The maximum absolute atomic E-state index is 5.31. The molecule has 10 heavy (non-hydrogen) atoms. The van der Waals surface area contributed by atoms with E-state index in [0.29, 0.717) is 6.04 Å². The Balaban J connectivity index is 3.13. The predicted molar refractivity (Wildman–Crippen MR) is 45.1 cm³/mol. The summed E-state index contributed by atoms with van der Waals surface area (Å²) in [5.41, 5.74) is 5.31. The fourth-order valence-corrected chi connectivity index (χ4v) is 0.596. The molecule has 3 N–H and O–H groups in total. The first-order valence-electron chi connectivity index (χ1n) is 3.75. The van der Waals surface area contributed by atoms with E-state index in [1.807, 2.05) is 0 Å². The highest BCUT2D eigenvalue weighted by Gasteiger charge is 2.01. The number of likely N-dealkylation sites (N-methyl/N-ethyl adjacent to an activating group) is 1. The van der Waals surface area contributed by atoms with Gasteiger partial charge in [0.25, 0.3) is 0 Å². The second-order valence-corrected chi connectivity index (χ2v) is 2.81. The van der Waals surface area contributed by atoms with Crippen molar-refractivity contribution in [2.45, 2.75) is 13.0 Å². The van der Waals surface area contributed by atoms with E-state index in [0.717, 1.165) is 19.6 Å². The van der Waals surface area contributed by atoms with Gasteiger partial charge >= 0.3 is 0 Å². The number of hydrogen-bond donors (Lipinski definition) is 2. The summed E-state index contributed by atoms with van der Waals surface area (Å²) in [5.74, 6) is 0. The van der Waals surface area contributed by atoms with Crippen molar-refractivity contribution in [3.63, 3.8) is 0 Å². The minimum absolute atomic E-state index is 0.589. The Morgan fingerprint density at radius 3 is 2.50 bits per heavy atom. The van der Waals surface area contributed by atoms with Crippen molar-refractivity contribution in [3.8, 4) is 0 Å². The third kappa shape index (κ3) is 4.73. The average molecular weight is 145 g/mol. The topological polar surface area (TPSA) is 41.3 Å². The molecule has 0 aromatic rings. The summed E-state index contributed by atoms with van der Waals surface area (Å²) >= 11 is 0. The maximum Gasteiger partial charge on any atom is 0.0186 e. The van der Waals surface area contributed by atoms with Crippen LogP contribution < -0.4 is 11.1 Å². The van der Waals surface area contributed by atoms with E-state index in [-0.39, 0.29) is 0 Å². The van der Waals surface area contributed by atoms with Gasteiger partial charge in [-0.05, 0) is 21.0 Å². The fraction of sp³-hybridized carbons (Fsp3) is 1.00. The summed E-state index contributed by atoms with van der Waals surface area (Å²) in [6.45, 7) is 4.84. The number of nitrogens with two attached hydrogens (primary N) is 1. The molecule has 0 saturated carbocycles. The van der Waals surface area contributed by atoms with Crippen LogP contribution in [0.4, 0.5) is 0 Å². The van der Waals surface area contributed by atoms with Gasteiger partial charge in [-0.15, -0.1) is 0 Å². The number of hydrogen-bond acceptors (Lipinski definition) is 3. The van der Waals surface area contributed by atoms with Gasteiger partial charge in [-0.3, -0.25) is 0 Å². The Labute approximate surface area is 63.6 Å². The van der Waals surface area contributed by atoms with Crippen LogP contribution in [0.25, 0.3) is 0 Å². The van der Waals surface area contributed by atoms with Crippen LogP contribution in [0.2, 0.25) is 0 Å². The fourth-order valence-electron chi connectivity index (χ4n) is 0.596. The number of nitrogens with zero attached hydrogens (tertiary/aromatic N) is 1. The third-order valence-electron chi connectivity index (χ3n) is 1.64. The molecule has 0 aromatic carbocycles. The molecular formula is C7H19N3. The van der Waals surface area contributed by atoms with Crippen LogP contribution in [-0.4, -0.2) is 44.7 Å². The van der Waals surface area contributed by atoms with Crippen LogP contribution in [0, 0.1) is 0 Å². The first kappa shape index (κ1) is 9.88. The predicted octanol–water partition coefficient (Wildman–Crippen LogP) is -0.515. The molecule has 0 amide bonds. The molecule has 3 heteroatoms. The summed E-state index contributed by atoms with van der Waals surface area (Å²) in [4.78, 5) is 2.18. The highest BCUT2D eigenvalue weighted by Crippen LogP contribution is 1.86. The molecule has 0 aliphatic heterocycles. The molecule has 0 fully saturated rings. The molecule has 0 aliphatic rings. The number of rotatable bonds is 5. The molecule has 62 valence electrons. The summed E-state index contributed by atoms with van der Waals surface area (Å²) in [6, 6.07) is 0.589. The van der Waals surface area contributed by atoms with E-state index in [9.17, 15) is 0 Å².